The number of amides is 2. The Labute approximate surface area is 227 Å². The van der Waals surface area contributed by atoms with Gasteiger partial charge in [-0.3, -0.25) is 13.9 Å². The lowest BCUT2D eigenvalue weighted by Gasteiger charge is -2.25. The monoisotopic (exact) mass is 582 g/mol. The molecule has 0 bridgehead atoms. The Morgan fingerprint density at radius 2 is 1.72 bits per heavy atom. The third-order valence-corrected chi connectivity index (χ3v) is 7.22. The molecule has 3 rings (SSSR count). The first-order valence-electron chi connectivity index (χ1n) is 11.1. The van der Waals surface area contributed by atoms with E-state index in [9.17, 15) is 31.2 Å². The van der Waals surface area contributed by atoms with Crippen molar-refractivity contribution in [3.63, 3.8) is 0 Å². The van der Waals surface area contributed by atoms with E-state index in [-0.39, 0.29) is 11.5 Å². The van der Waals surface area contributed by atoms with Crippen LogP contribution in [0.15, 0.2) is 76.7 Å². The summed E-state index contributed by atoms with van der Waals surface area (Å²) in [7, 11) is -4.47. The summed E-state index contributed by atoms with van der Waals surface area (Å²) in [6.45, 7) is 0.548. The number of hydrazone groups is 1. The van der Waals surface area contributed by atoms with E-state index in [1.807, 2.05) is 0 Å². The maximum absolute atomic E-state index is 13.5. The van der Waals surface area contributed by atoms with Gasteiger partial charge >= 0.3 is 6.18 Å². The van der Waals surface area contributed by atoms with Gasteiger partial charge in [0, 0.05) is 0 Å². The van der Waals surface area contributed by atoms with Crippen molar-refractivity contribution in [1.29, 1.82) is 0 Å². The van der Waals surface area contributed by atoms with E-state index in [2.05, 4.69) is 10.5 Å². The lowest BCUT2D eigenvalue weighted by atomic mass is 10.2. The van der Waals surface area contributed by atoms with Crippen molar-refractivity contribution in [2.75, 3.05) is 17.5 Å². The zero-order valence-corrected chi connectivity index (χ0v) is 21.8. The lowest BCUT2D eigenvalue weighted by Crippen LogP contribution is -2.39. The fraction of sp³-hybridized carbons (Fsp3) is 0.160. The minimum absolute atomic E-state index is 0.230. The van der Waals surface area contributed by atoms with Crippen LogP contribution in [0.4, 0.5) is 18.9 Å². The van der Waals surface area contributed by atoms with Crippen LogP contribution in [0, 0.1) is 6.92 Å². The van der Waals surface area contributed by atoms with Gasteiger partial charge in [0.15, 0.2) is 6.61 Å². The Bertz CT molecular complexity index is 1480. The van der Waals surface area contributed by atoms with Gasteiger partial charge in [0.2, 0.25) is 0 Å². The summed E-state index contributed by atoms with van der Waals surface area (Å²) < 4.78 is 72.9. The Balaban J connectivity index is 1.84. The molecule has 14 heteroatoms. The van der Waals surface area contributed by atoms with Crippen molar-refractivity contribution in [1.82, 2.24) is 5.43 Å². The van der Waals surface area contributed by atoms with Crippen LogP contribution >= 0.6 is 11.6 Å². The number of carbonyl (C=O) groups excluding carboxylic acids is 2. The number of hydrogen-bond donors (Lipinski definition) is 2. The summed E-state index contributed by atoms with van der Waals surface area (Å²) in [4.78, 5) is 23.2. The molecule has 3 N–H and O–H groups in total. The van der Waals surface area contributed by atoms with Crippen LogP contribution < -0.4 is 20.2 Å². The molecule has 206 valence electrons. The second-order valence-corrected chi connectivity index (χ2v) is 10.4. The van der Waals surface area contributed by atoms with Gasteiger partial charge in [-0.05, 0) is 67.1 Å². The van der Waals surface area contributed by atoms with Crippen LogP contribution in [0.25, 0.3) is 0 Å². The van der Waals surface area contributed by atoms with Crippen molar-refractivity contribution in [3.8, 4) is 5.75 Å². The number of anilines is 1. The first kappa shape index (κ1) is 29.5. The van der Waals surface area contributed by atoms with E-state index < -0.39 is 50.8 Å². The van der Waals surface area contributed by atoms with Crippen LogP contribution in [0.2, 0.25) is 5.02 Å². The number of nitrogens with zero attached hydrogens (tertiary/aromatic N) is 2. The number of alkyl halides is 3. The predicted molar refractivity (Wildman–Crippen MR) is 139 cm³/mol. The minimum atomic E-state index is -4.86. The van der Waals surface area contributed by atoms with Gasteiger partial charge in [0.1, 0.15) is 12.3 Å². The Hall–Kier alpha value is -4.10. The summed E-state index contributed by atoms with van der Waals surface area (Å²) >= 11 is 5.69. The highest BCUT2D eigenvalue weighted by molar-refractivity contribution is 7.92. The molecule has 0 saturated carbocycles. The molecule has 0 spiro atoms. The molecular formula is C25H22ClF3N4O5S. The summed E-state index contributed by atoms with van der Waals surface area (Å²) in [6, 6.07) is 14.3. The third kappa shape index (κ3) is 7.94. The molecule has 0 atom stereocenters. The average Bonchev–Trinajstić information content (AvgIpc) is 2.87. The maximum atomic E-state index is 13.5. The number of hydrogen-bond acceptors (Lipinski definition) is 6. The highest BCUT2D eigenvalue weighted by Gasteiger charge is 2.35. The number of aryl methyl sites for hydroxylation is 1. The first-order valence-corrected chi connectivity index (χ1v) is 12.9. The molecule has 0 radical (unpaired) electrons. The van der Waals surface area contributed by atoms with Gasteiger partial charge in [0.25, 0.3) is 21.8 Å². The molecular weight excluding hydrogens is 561 g/mol. The van der Waals surface area contributed by atoms with Crippen molar-refractivity contribution in [2.45, 2.75) is 18.0 Å². The number of primary amides is 1. The number of benzene rings is 3. The number of nitrogens with one attached hydrogen (secondary N) is 1. The lowest BCUT2D eigenvalue weighted by molar-refractivity contribution is -0.137. The molecule has 0 unspecified atom stereocenters. The van der Waals surface area contributed by atoms with E-state index in [1.165, 1.54) is 42.6 Å². The van der Waals surface area contributed by atoms with E-state index in [0.29, 0.717) is 21.7 Å². The molecule has 9 nitrogen and oxygen atoms in total. The molecule has 0 saturated heterocycles. The molecule has 0 aromatic heterocycles. The Morgan fingerprint density at radius 3 is 2.31 bits per heavy atom. The number of ether oxygens (including phenoxy) is 1. The van der Waals surface area contributed by atoms with Gasteiger partial charge < -0.3 is 10.5 Å². The van der Waals surface area contributed by atoms with Crippen molar-refractivity contribution >= 4 is 45.3 Å². The van der Waals surface area contributed by atoms with Crippen molar-refractivity contribution in [3.05, 3.63) is 88.4 Å². The fourth-order valence-corrected chi connectivity index (χ4v) is 4.82. The Kier molecular flexibility index (Phi) is 9.20. The normalized spacial score (nSPS) is 11.8. The fourth-order valence-electron chi connectivity index (χ4n) is 3.19. The van der Waals surface area contributed by atoms with E-state index in [0.717, 1.165) is 17.7 Å². The first-order chi connectivity index (χ1) is 18.3. The van der Waals surface area contributed by atoms with Crippen LogP contribution in [0.5, 0.6) is 5.75 Å². The molecule has 0 aliphatic heterocycles. The third-order valence-electron chi connectivity index (χ3n) is 5.10. The predicted octanol–water partition coefficient (Wildman–Crippen LogP) is 3.88. The van der Waals surface area contributed by atoms with E-state index in [4.69, 9.17) is 22.1 Å². The van der Waals surface area contributed by atoms with Crippen LogP contribution in [0.1, 0.15) is 16.7 Å². The van der Waals surface area contributed by atoms with Gasteiger partial charge in [-0.2, -0.15) is 18.3 Å². The highest BCUT2D eigenvalue weighted by Crippen LogP contribution is 2.38. The number of carbonyl (C=O) groups is 2. The van der Waals surface area contributed by atoms with Crippen molar-refractivity contribution < 1.29 is 35.9 Å². The number of rotatable bonds is 10. The van der Waals surface area contributed by atoms with Gasteiger partial charge in [-0.25, -0.2) is 13.8 Å². The van der Waals surface area contributed by atoms with Crippen LogP contribution in [-0.2, 0) is 25.8 Å². The summed E-state index contributed by atoms with van der Waals surface area (Å²) in [5.41, 5.74) is 6.76. The van der Waals surface area contributed by atoms with Crippen LogP contribution in [0.3, 0.4) is 0 Å². The second kappa shape index (κ2) is 12.2. The summed E-state index contributed by atoms with van der Waals surface area (Å²) in [5.74, 6) is -1.20. The summed E-state index contributed by atoms with van der Waals surface area (Å²) in [5, 5.41) is 3.14. The second-order valence-electron chi connectivity index (χ2n) is 8.10. The molecule has 3 aromatic rings. The molecule has 39 heavy (non-hydrogen) atoms. The quantitative estimate of drug-likeness (QED) is 0.277. The molecule has 0 aliphatic rings. The van der Waals surface area contributed by atoms with Crippen molar-refractivity contribution in [2.24, 2.45) is 10.8 Å². The number of sulfonamides is 1. The van der Waals surface area contributed by atoms with E-state index >= 15 is 0 Å². The number of halogens is 4. The Morgan fingerprint density at radius 1 is 1.08 bits per heavy atom. The molecule has 3 aromatic carbocycles. The standard InChI is InChI=1S/C25H22ClF3N4O5S/c1-16-2-9-20(10-3-16)39(36,37)33(18-6-11-22(26)21(12-18)25(27,28)29)14-24(35)32-31-13-17-4-7-19(8-5-17)38-15-23(30)34/h2-13H,14-15H2,1H3,(H2,30,34)(H,32,35)/b31-13-. The maximum Gasteiger partial charge on any atom is 0.417 e. The molecule has 0 heterocycles. The molecule has 2 amide bonds. The average molecular weight is 583 g/mol. The smallest absolute Gasteiger partial charge is 0.417 e. The summed E-state index contributed by atoms with van der Waals surface area (Å²) in [6.07, 6.45) is -3.61. The number of nitrogens with two attached hydrogens (primary N) is 1. The zero-order valence-electron chi connectivity index (χ0n) is 20.3. The van der Waals surface area contributed by atoms with Gasteiger partial charge in [-0.15, -0.1) is 0 Å². The largest absolute Gasteiger partial charge is 0.484 e. The zero-order chi connectivity index (χ0) is 28.8. The minimum Gasteiger partial charge on any atom is -0.484 e. The van der Waals surface area contributed by atoms with E-state index in [1.54, 1.807) is 19.1 Å². The molecule has 0 fully saturated rings. The van der Waals surface area contributed by atoms with Gasteiger partial charge in [-0.1, -0.05) is 29.3 Å². The van der Waals surface area contributed by atoms with Gasteiger partial charge in [0.05, 0.1) is 27.4 Å². The van der Waals surface area contributed by atoms with Crippen LogP contribution in [-0.4, -0.2) is 39.6 Å². The molecule has 0 aliphatic carbocycles. The topological polar surface area (TPSA) is 131 Å². The highest BCUT2D eigenvalue weighted by atomic mass is 35.5. The SMILES string of the molecule is Cc1ccc(S(=O)(=O)N(CC(=O)N/N=C\c2ccc(OCC(N)=O)cc2)c2ccc(Cl)c(C(F)(F)F)c2)cc1.